The van der Waals surface area contributed by atoms with Crippen molar-refractivity contribution in [2.75, 3.05) is 0 Å². The average molecular weight is 326 g/mol. The van der Waals surface area contributed by atoms with E-state index in [-0.39, 0.29) is 17.6 Å². The van der Waals surface area contributed by atoms with Crippen LogP contribution in [-0.2, 0) is 6.42 Å². The molecule has 1 aromatic rings. The third-order valence-corrected chi connectivity index (χ3v) is 4.41. The van der Waals surface area contributed by atoms with Gasteiger partial charge in [0.2, 0.25) is 0 Å². The highest BCUT2D eigenvalue weighted by molar-refractivity contribution is 5.51. The van der Waals surface area contributed by atoms with Crippen LogP contribution in [0.4, 0.5) is 13.2 Å². The minimum atomic E-state index is -4.72. The van der Waals surface area contributed by atoms with Gasteiger partial charge in [-0.25, -0.2) is 0 Å². The van der Waals surface area contributed by atoms with E-state index in [1.807, 2.05) is 12.1 Å². The highest BCUT2D eigenvalue weighted by Crippen LogP contribution is 2.40. The quantitative estimate of drug-likeness (QED) is 0.658. The highest BCUT2D eigenvalue weighted by Gasteiger charge is 2.35. The lowest BCUT2D eigenvalue weighted by Crippen LogP contribution is -2.19. The van der Waals surface area contributed by atoms with Gasteiger partial charge in [0.05, 0.1) is 6.10 Å². The zero-order chi connectivity index (χ0) is 16.4. The Morgan fingerprint density at radius 3 is 2.48 bits per heavy atom. The van der Waals surface area contributed by atoms with Gasteiger partial charge in [-0.2, -0.15) is 0 Å². The van der Waals surface area contributed by atoms with Crippen molar-refractivity contribution in [3.8, 4) is 11.5 Å². The van der Waals surface area contributed by atoms with Crippen LogP contribution in [0.5, 0.6) is 11.5 Å². The lowest BCUT2D eigenvalue weighted by molar-refractivity contribution is -0.275. The van der Waals surface area contributed by atoms with Crippen LogP contribution in [0.2, 0.25) is 0 Å². The van der Waals surface area contributed by atoms with Crippen LogP contribution in [0.1, 0.15) is 43.2 Å². The lowest BCUT2D eigenvalue weighted by atomic mass is 9.85. The normalized spacial score (nSPS) is 19.0. The summed E-state index contributed by atoms with van der Waals surface area (Å²) in [6.07, 6.45) is 5.60. The van der Waals surface area contributed by atoms with Gasteiger partial charge in [-0.05, 0) is 62.1 Å². The molecule has 0 radical (unpaired) electrons. The van der Waals surface area contributed by atoms with Gasteiger partial charge < -0.3 is 9.47 Å². The second-order valence-electron chi connectivity index (χ2n) is 6.37. The zero-order valence-electron chi connectivity index (χ0n) is 13.2. The highest BCUT2D eigenvalue weighted by atomic mass is 19.4. The molecule has 0 spiro atoms. The lowest BCUT2D eigenvalue weighted by Gasteiger charge is -2.21. The monoisotopic (exact) mass is 326 g/mol. The number of ether oxygens (including phenoxy) is 2. The Balaban J connectivity index is 1.78. The summed E-state index contributed by atoms with van der Waals surface area (Å²) in [5, 5.41) is 0. The second kappa shape index (κ2) is 6.46. The third-order valence-electron chi connectivity index (χ3n) is 4.41. The molecule has 2 fully saturated rings. The number of halogens is 3. The Bertz CT molecular complexity index is 585. The molecular weight excluding hydrogens is 305 g/mol. The van der Waals surface area contributed by atoms with Crippen molar-refractivity contribution in [1.82, 2.24) is 0 Å². The minimum absolute atomic E-state index is 0.0225. The topological polar surface area (TPSA) is 18.5 Å². The van der Waals surface area contributed by atoms with Crippen molar-refractivity contribution < 1.29 is 22.6 Å². The molecule has 0 aliphatic heterocycles. The van der Waals surface area contributed by atoms with Crippen LogP contribution in [0.3, 0.4) is 0 Å². The first-order valence-corrected chi connectivity index (χ1v) is 8.14. The minimum Gasteiger partial charge on any atom is -0.487 e. The molecule has 2 aliphatic rings. The van der Waals surface area contributed by atoms with Crippen LogP contribution < -0.4 is 9.47 Å². The summed E-state index contributed by atoms with van der Waals surface area (Å²) in [5.74, 6) is 0.631. The number of allylic oxidation sites excluding steroid dienone is 2. The van der Waals surface area contributed by atoms with Gasteiger partial charge in [-0.1, -0.05) is 24.6 Å². The molecule has 2 aliphatic carbocycles. The van der Waals surface area contributed by atoms with Crippen LogP contribution in [0, 0.1) is 12.8 Å². The first kappa shape index (κ1) is 16.2. The van der Waals surface area contributed by atoms with Crippen molar-refractivity contribution in [3.63, 3.8) is 0 Å². The number of benzene rings is 1. The summed E-state index contributed by atoms with van der Waals surface area (Å²) in [4.78, 5) is 0. The summed E-state index contributed by atoms with van der Waals surface area (Å²) >= 11 is 0. The first-order valence-electron chi connectivity index (χ1n) is 8.14. The SMILES string of the molecule is Cc1c(C/C=C/C2CCC2)ccc(OC2CC2)c1OC(F)(F)F. The van der Waals surface area contributed by atoms with Crippen LogP contribution >= 0.6 is 0 Å². The molecule has 5 heteroatoms. The molecular formula is C18H21F3O2. The van der Waals surface area contributed by atoms with Crippen molar-refractivity contribution in [3.05, 3.63) is 35.4 Å². The molecule has 0 N–H and O–H groups in total. The Labute approximate surface area is 134 Å². The maximum absolute atomic E-state index is 12.7. The summed E-state index contributed by atoms with van der Waals surface area (Å²) < 4.78 is 47.9. The number of hydrogen-bond donors (Lipinski definition) is 0. The largest absolute Gasteiger partial charge is 0.573 e. The number of hydrogen-bond acceptors (Lipinski definition) is 2. The Hall–Kier alpha value is -1.65. The van der Waals surface area contributed by atoms with Crippen LogP contribution in [0.15, 0.2) is 24.3 Å². The molecule has 0 heterocycles. The fourth-order valence-corrected chi connectivity index (χ4v) is 2.65. The van der Waals surface area contributed by atoms with Crippen LogP contribution in [-0.4, -0.2) is 12.5 Å². The van der Waals surface area contributed by atoms with Gasteiger partial charge in [-0.3, -0.25) is 0 Å². The maximum atomic E-state index is 12.7. The molecule has 2 nitrogen and oxygen atoms in total. The summed E-state index contributed by atoms with van der Waals surface area (Å²) in [6.45, 7) is 1.66. The van der Waals surface area contributed by atoms with E-state index in [1.165, 1.54) is 19.3 Å². The third kappa shape index (κ3) is 4.43. The average Bonchev–Trinajstić information content (AvgIpc) is 3.21. The molecule has 126 valence electrons. The summed E-state index contributed by atoms with van der Waals surface area (Å²) in [5.41, 5.74) is 1.33. The van der Waals surface area contributed by atoms with Crippen LogP contribution in [0.25, 0.3) is 0 Å². The maximum Gasteiger partial charge on any atom is 0.573 e. The Kier molecular flexibility index (Phi) is 4.55. The molecule has 0 atom stereocenters. The zero-order valence-corrected chi connectivity index (χ0v) is 13.2. The van der Waals surface area contributed by atoms with Crippen molar-refractivity contribution in [1.29, 1.82) is 0 Å². The van der Waals surface area contributed by atoms with E-state index in [9.17, 15) is 13.2 Å². The van der Waals surface area contributed by atoms with Gasteiger partial charge in [0.15, 0.2) is 11.5 Å². The van der Waals surface area contributed by atoms with E-state index < -0.39 is 6.36 Å². The number of rotatable bonds is 6. The number of alkyl halides is 3. The molecule has 0 bridgehead atoms. The van der Waals surface area contributed by atoms with Gasteiger partial charge in [-0.15, -0.1) is 13.2 Å². The van der Waals surface area contributed by atoms with Crippen molar-refractivity contribution in [2.45, 2.75) is 57.9 Å². The second-order valence-corrected chi connectivity index (χ2v) is 6.37. The van der Waals surface area contributed by atoms with Crippen molar-refractivity contribution in [2.24, 2.45) is 5.92 Å². The van der Waals surface area contributed by atoms with E-state index >= 15 is 0 Å². The predicted octanol–water partition coefficient (Wildman–Crippen LogP) is 5.33. The van der Waals surface area contributed by atoms with E-state index in [4.69, 9.17) is 4.74 Å². The summed E-state index contributed by atoms with van der Waals surface area (Å²) in [7, 11) is 0. The van der Waals surface area contributed by atoms with Gasteiger partial charge in [0.25, 0.3) is 0 Å². The molecule has 0 amide bonds. The van der Waals surface area contributed by atoms with E-state index in [0.29, 0.717) is 17.9 Å². The van der Waals surface area contributed by atoms with Crippen molar-refractivity contribution >= 4 is 0 Å². The van der Waals surface area contributed by atoms with Gasteiger partial charge >= 0.3 is 6.36 Å². The predicted molar refractivity (Wildman–Crippen MR) is 81.7 cm³/mol. The fourth-order valence-electron chi connectivity index (χ4n) is 2.65. The Morgan fingerprint density at radius 1 is 1.17 bits per heavy atom. The smallest absolute Gasteiger partial charge is 0.487 e. The summed E-state index contributed by atoms with van der Waals surface area (Å²) in [6, 6.07) is 3.43. The standard InChI is InChI=1S/C18H21F3O2/c1-12-14(7-3-6-13-4-2-5-13)8-11-16(22-15-9-10-15)17(12)23-18(19,20)21/h3,6,8,11,13,15H,2,4-5,7,9-10H2,1H3/b6-3+. The first-order chi connectivity index (χ1) is 10.9. The molecule has 23 heavy (non-hydrogen) atoms. The van der Waals surface area contributed by atoms with Gasteiger partial charge in [0.1, 0.15) is 0 Å². The molecule has 1 aromatic carbocycles. The van der Waals surface area contributed by atoms with E-state index in [1.54, 1.807) is 13.0 Å². The van der Waals surface area contributed by atoms with E-state index in [2.05, 4.69) is 10.8 Å². The molecule has 0 saturated heterocycles. The molecule has 0 unspecified atom stereocenters. The Morgan fingerprint density at radius 2 is 1.91 bits per heavy atom. The van der Waals surface area contributed by atoms with E-state index in [0.717, 1.165) is 18.4 Å². The molecule has 2 saturated carbocycles. The fraction of sp³-hybridized carbons (Fsp3) is 0.556. The molecule has 0 aromatic heterocycles. The molecule has 3 rings (SSSR count). The van der Waals surface area contributed by atoms with Gasteiger partial charge in [0, 0.05) is 0 Å².